The third kappa shape index (κ3) is 6.05. The minimum absolute atomic E-state index is 0.304. The Labute approximate surface area is 54.8 Å². The highest BCUT2D eigenvalue weighted by Gasteiger charge is 1.75. The van der Waals surface area contributed by atoms with E-state index in [4.69, 9.17) is 5.11 Å². The standard InChI is InChI=1S/C6H12OS/c1-8-6-4-2-3-5-7/h4,6-7H,2-3,5H2,1H3/b6-4+. The summed E-state index contributed by atoms with van der Waals surface area (Å²) in [6.45, 7) is 0.304. The van der Waals surface area contributed by atoms with Gasteiger partial charge in [-0.2, -0.15) is 0 Å². The van der Waals surface area contributed by atoms with Gasteiger partial charge in [-0.15, -0.1) is 11.8 Å². The van der Waals surface area contributed by atoms with Crippen molar-refractivity contribution in [3.63, 3.8) is 0 Å². The first kappa shape index (κ1) is 8.05. The van der Waals surface area contributed by atoms with Gasteiger partial charge in [0.15, 0.2) is 0 Å². The highest BCUT2D eigenvalue weighted by molar-refractivity contribution is 8.01. The first-order chi connectivity index (χ1) is 3.91. The average Bonchev–Trinajstić information content (AvgIpc) is 1.81. The molecule has 0 aromatic heterocycles. The van der Waals surface area contributed by atoms with E-state index in [0.717, 1.165) is 12.8 Å². The van der Waals surface area contributed by atoms with Gasteiger partial charge in [0.1, 0.15) is 0 Å². The molecule has 0 bridgehead atoms. The second-order valence-electron chi connectivity index (χ2n) is 1.47. The third-order valence-electron chi connectivity index (χ3n) is 0.761. The van der Waals surface area contributed by atoms with Crippen molar-refractivity contribution in [1.82, 2.24) is 0 Å². The first-order valence-electron chi connectivity index (χ1n) is 2.70. The quantitative estimate of drug-likeness (QED) is 0.587. The topological polar surface area (TPSA) is 20.2 Å². The Morgan fingerprint density at radius 2 is 2.38 bits per heavy atom. The predicted octanol–water partition coefficient (Wildman–Crippen LogP) is 1.64. The molecule has 2 heteroatoms. The first-order valence-corrected chi connectivity index (χ1v) is 3.99. The van der Waals surface area contributed by atoms with Crippen molar-refractivity contribution in [2.45, 2.75) is 12.8 Å². The zero-order chi connectivity index (χ0) is 6.24. The van der Waals surface area contributed by atoms with Crippen LogP contribution >= 0.6 is 11.8 Å². The molecule has 0 aliphatic carbocycles. The lowest BCUT2D eigenvalue weighted by Crippen LogP contribution is -1.77. The molecule has 0 aromatic carbocycles. The maximum atomic E-state index is 8.32. The second-order valence-corrected chi connectivity index (χ2v) is 2.22. The summed E-state index contributed by atoms with van der Waals surface area (Å²) in [6.07, 6.45) is 5.98. The molecule has 0 atom stereocenters. The summed E-state index contributed by atoms with van der Waals surface area (Å²) in [5.74, 6) is 0. The van der Waals surface area contributed by atoms with E-state index >= 15 is 0 Å². The van der Waals surface area contributed by atoms with Crippen LogP contribution in [0.15, 0.2) is 11.5 Å². The third-order valence-corrected chi connectivity index (χ3v) is 1.23. The minimum Gasteiger partial charge on any atom is -0.396 e. The van der Waals surface area contributed by atoms with Crippen molar-refractivity contribution < 1.29 is 5.11 Å². The van der Waals surface area contributed by atoms with Gasteiger partial charge in [0.2, 0.25) is 0 Å². The van der Waals surface area contributed by atoms with Crippen LogP contribution in [0.1, 0.15) is 12.8 Å². The number of allylic oxidation sites excluding steroid dienone is 1. The fourth-order valence-electron chi connectivity index (χ4n) is 0.373. The molecule has 0 fully saturated rings. The van der Waals surface area contributed by atoms with E-state index in [9.17, 15) is 0 Å². The number of rotatable bonds is 4. The highest BCUT2D eigenvalue weighted by atomic mass is 32.2. The van der Waals surface area contributed by atoms with Crippen LogP contribution in [-0.2, 0) is 0 Å². The van der Waals surface area contributed by atoms with E-state index in [1.807, 2.05) is 11.7 Å². The number of aliphatic hydroxyl groups is 1. The molecule has 0 aromatic rings. The summed E-state index contributed by atoms with van der Waals surface area (Å²) in [7, 11) is 0. The van der Waals surface area contributed by atoms with Gasteiger partial charge in [-0.25, -0.2) is 0 Å². The van der Waals surface area contributed by atoms with Crippen molar-refractivity contribution in [3.8, 4) is 0 Å². The van der Waals surface area contributed by atoms with Gasteiger partial charge < -0.3 is 5.11 Å². The summed E-state index contributed by atoms with van der Waals surface area (Å²) >= 11 is 1.69. The molecule has 8 heavy (non-hydrogen) atoms. The van der Waals surface area contributed by atoms with E-state index in [1.165, 1.54) is 0 Å². The lowest BCUT2D eigenvalue weighted by atomic mass is 10.3. The Morgan fingerprint density at radius 1 is 1.62 bits per heavy atom. The molecule has 0 unspecified atom stereocenters. The van der Waals surface area contributed by atoms with E-state index < -0.39 is 0 Å². The normalized spacial score (nSPS) is 10.8. The van der Waals surface area contributed by atoms with E-state index in [-0.39, 0.29) is 0 Å². The van der Waals surface area contributed by atoms with Crippen LogP contribution in [0.5, 0.6) is 0 Å². The number of unbranched alkanes of at least 4 members (excludes halogenated alkanes) is 1. The van der Waals surface area contributed by atoms with Gasteiger partial charge in [-0.3, -0.25) is 0 Å². The van der Waals surface area contributed by atoms with Gasteiger partial charge in [0, 0.05) is 6.61 Å². The van der Waals surface area contributed by atoms with Crippen LogP contribution in [-0.4, -0.2) is 18.0 Å². The molecule has 0 radical (unpaired) electrons. The van der Waals surface area contributed by atoms with E-state index in [1.54, 1.807) is 11.8 Å². The molecule has 0 spiro atoms. The average molecular weight is 132 g/mol. The van der Waals surface area contributed by atoms with Crippen molar-refractivity contribution in [3.05, 3.63) is 11.5 Å². The van der Waals surface area contributed by atoms with Crippen LogP contribution < -0.4 is 0 Å². The van der Waals surface area contributed by atoms with Crippen LogP contribution in [0.25, 0.3) is 0 Å². The molecular weight excluding hydrogens is 120 g/mol. The number of thioether (sulfide) groups is 1. The monoisotopic (exact) mass is 132 g/mol. The zero-order valence-electron chi connectivity index (χ0n) is 5.13. The van der Waals surface area contributed by atoms with Gasteiger partial charge in [0.05, 0.1) is 0 Å². The molecule has 0 aliphatic rings. The molecule has 0 rings (SSSR count). The summed E-state index contributed by atoms with van der Waals surface area (Å²) in [5, 5.41) is 10.4. The lowest BCUT2D eigenvalue weighted by molar-refractivity contribution is 0.289. The van der Waals surface area contributed by atoms with Crippen LogP contribution in [0.3, 0.4) is 0 Å². The van der Waals surface area contributed by atoms with E-state index in [2.05, 4.69) is 6.08 Å². The number of hydrogen-bond acceptors (Lipinski definition) is 2. The molecule has 0 heterocycles. The molecule has 0 saturated carbocycles. The second kappa shape index (κ2) is 7.05. The molecule has 0 amide bonds. The van der Waals surface area contributed by atoms with E-state index in [0.29, 0.717) is 6.61 Å². The largest absolute Gasteiger partial charge is 0.396 e. The predicted molar refractivity (Wildman–Crippen MR) is 39.0 cm³/mol. The van der Waals surface area contributed by atoms with Gasteiger partial charge >= 0.3 is 0 Å². The van der Waals surface area contributed by atoms with Gasteiger partial charge in [0.25, 0.3) is 0 Å². The Morgan fingerprint density at radius 3 is 2.88 bits per heavy atom. The van der Waals surface area contributed by atoms with Crippen LogP contribution in [0, 0.1) is 0 Å². The maximum absolute atomic E-state index is 8.32. The Bertz CT molecular complexity index is 61.5. The molecule has 0 aliphatic heterocycles. The zero-order valence-corrected chi connectivity index (χ0v) is 5.95. The Balaban J connectivity index is 2.80. The fraction of sp³-hybridized carbons (Fsp3) is 0.667. The van der Waals surface area contributed by atoms with Gasteiger partial charge in [-0.05, 0) is 24.5 Å². The van der Waals surface area contributed by atoms with Crippen molar-refractivity contribution in [2.24, 2.45) is 0 Å². The Kier molecular flexibility index (Phi) is 7.09. The van der Waals surface area contributed by atoms with Crippen molar-refractivity contribution in [2.75, 3.05) is 12.9 Å². The van der Waals surface area contributed by atoms with Crippen molar-refractivity contribution >= 4 is 11.8 Å². The molecule has 1 N–H and O–H groups in total. The summed E-state index contributed by atoms with van der Waals surface area (Å²) in [5.41, 5.74) is 0. The smallest absolute Gasteiger partial charge is 0.0433 e. The molecule has 48 valence electrons. The molecular formula is C6H12OS. The van der Waals surface area contributed by atoms with Gasteiger partial charge in [-0.1, -0.05) is 6.08 Å². The molecule has 0 saturated heterocycles. The van der Waals surface area contributed by atoms with Crippen LogP contribution in [0.2, 0.25) is 0 Å². The van der Waals surface area contributed by atoms with Crippen molar-refractivity contribution in [1.29, 1.82) is 0 Å². The summed E-state index contributed by atoms with van der Waals surface area (Å²) < 4.78 is 0. The summed E-state index contributed by atoms with van der Waals surface area (Å²) in [6, 6.07) is 0. The Hall–Kier alpha value is 0.0500. The minimum atomic E-state index is 0.304. The maximum Gasteiger partial charge on any atom is 0.0433 e. The lowest BCUT2D eigenvalue weighted by Gasteiger charge is -1.85. The number of aliphatic hydroxyl groups excluding tert-OH is 1. The SMILES string of the molecule is CS/C=C/CCCO. The summed E-state index contributed by atoms with van der Waals surface area (Å²) in [4.78, 5) is 0. The molecule has 1 nitrogen and oxygen atoms in total. The number of hydrogen-bond donors (Lipinski definition) is 1. The highest BCUT2D eigenvalue weighted by Crippen LogP contribution is 1.96. The van der Waals surface area contributed by atoms with Crippen LogP contribution in [0.4, 0.5) is 0 Å². The fourth-order valence-corrected chi connectivity index (χ4v) is 0.702.